The molecule has 0 fully saturated rings. The van der Waals surface area contributed by atoms with Crippen LogP contribution in [-0.2, 0) is 18.8 Å². The quantitative estimate of drug-likeness (QED) is 0.552. The maximum absolute atomic E-state index is 13.9. The molecule has 0 unspecified atom stereocenters. The molecule has 0 aliphatic heterocycles. The van der Waals surface area contributed by atoms with Gasteiger partial charge in [-0.3, -0.25) is 4.79 Å². The van der Waals surface area contributed by atoms with Gasteiger partial charge < -0.3 is 9.88 Å². The summed E-state index contributed by atoms with van der Waals surface area (Å²) < 4.78 is 29.6. The topological polar surface area (TPSA) is 59.8 Å². The van der Waals surface area contributed by atoms with E-state index < -0.39 is 11.7 Å². The van der Waals surface area contributed by atoms with E-state index in [9.17, 15) is 13.6 Å². The van der Waals surface area contributed by atoms with Crippen LogP contribution in [0.2, 0.25) is 0 Å². The Kier molecular flexibility index (Phi) is 6.98. The fourth-order valence-corrected chi connectivity index (χ4v) is 3.72. The number of carbonyl (C=O) groups excluding carboxylic acids is 1. The van der Waals surface area contributed by atoms with E-state index in [-0.39, 0.29) is 17.9 Å². The zero-order valence-electron chi connectivity index (χ0n) is 16.2. The van der Waals surface area contributed by atoms with E-state index in [1.54, 1.807) is 24.3 Å². The Morgan fingerprint density at radius 3 is 2.45 bits per heavy atom. The Morgan fingerprint density at radius 1 is 1.07 bits per heavy atom. The van der Waals surface area contributed by atoms with Crippen molar-refractivity contribution in [2.75, 3.05) is 0 Å². The molecule has 1 heterocycles. The van der Waals surface area contributed by atoms with Crippen molar-refractivity contribution in [3.63, 3.8) is 0 Å². The maximum atomic E-state index is 13.9. The van der Waals surface area contributed by atoms with Crippen LogP contribution in [0.5, 0.6) is 0 Å². The first kappa shape index (κ1) is 21.0. The van der Waals surface area contributed by atoms with E-state index >= 15 is 0 Å². The number of aromatic nitrogens is 3. The minimum absolute atomic E-state index is 0.0171. The lowest BCUT2D eigenvalue weighted by Crippen LogP contribution is -2.26. The molecule has 5 nitrogen and oxygen atoms in total. The molecule has 0 bridgehead atoms. The number of amides is 1. The molecule has 1 amide bonds. The molecule has 3 aromatic rings. The Morgan fingerprint density at radius 2 is 1.76 bits per heavy atom. The van der Waals surface area contributed by atoms with E-state index in [1.807, 2.05) is 4.57 Å². The molecule has 3 rings (SSSR count). The van der Waals surface area contributed by atoms with Gasteiger partial charge in [-0.1, -0.05) is 55.9 Å². The molecule has 2 aromatic carbocycles. The van der Waals surface area contributed by atoms with E-state index in [4.69, 9.17) is 0 Å². The van der Waals surface area contributed by atoms with Crippen molar-refractivity contribution < 1.29 is 13.6 Å². The van der Waals surface area contributed by atoms with Crippen LogP contribution < -0.4 is 5.32 Å². The first-order valence-electron chi connectivity index (χ1n) is 9.26. The van der Waals surface area contributed by atoms with Crippen molar-refractivity contribution >= 4 is 17.7 Å². The summed E-state index contributed by atoms with van der Waals surface area (Å²) in [5.74, 6) is -0.0334. The number of hydrogen-bond acceptors (Lipinski definition) is 4. The lowest BCUT2D eigenvalue weighted by atomic mass is 10.2. The van der Waals surface area contributed by atoms with Crippen molar-refractivity contribution in [2.45, 2.75) is 37.8 Å². The second-order valence-electron chi connectivity index (χ2n) is 6.95. The number of benzene rings is 2. The molecule has 0 saturated heterocycles. The van der Waals surface area contributed by atoms with Crippen molar-refractivity contribution in [1.82, 2.24) is 20.1 Å². The van der Waals surface area contributed by atoms with Gasteiger partial charge in [0.25, 0.3) is 5.91 Å². The van der Waals surface area contributed by atoms with Gasteiger partial charge in [-0.25, -0.2) is 8.78 Å². The second-order valence-corrected chi connectivity index (χ2v) is 7.89. The number of carbonyl (C=O) groups is 1. The van der Waals surface area contributed by atoms with Crippen LogP contribution >= 0.6 is 11.8 Å². The summed E-state index contributed by atoms with van der Waals surface area (Å²) in [4.78, 5) is 12.3. The first-order chi connectivity index (χ1) is 14.0. The Balaban J connectivity index is 1.72. The van der Waals surface area contributed by atoms with Crippen molar-refractivity contribution in [3.05, 3.63) is 77.1 Å². The van der Waals surface area contributed by atoms with Crippen LogP contribution in [0, 0.1) is 17.6 Å². The van der Waals surface area contributed by atoms with Gasteiger partial charge in [-0.05, 0) is 29.7 Å². The monoisotopic (exact) mass is 416 g/mol. The van der Waals surface area contributed by atoms with Crippen molar-refractivity contribution in [1.29, 1.82) is 0 Å². The van der Waals surface area contributed by atoms with Crippen LogP contribution in [0.25, 0.3) is 0 Å². The number of nitrogens with zero attached hydrogens (tertiary/aromatic N) is 3. The Hall–Kier alpha value is -2.74. The molecule has 1 N–H and O–H groups in total. The molecule has 0 saturated carbocycles. The van der Waals surface area contributed by atoms with E-state index in [0.717, 1.165) is 0 Å². The highest BCUT2D eigenvalue weighted by Gasteiger charge is 2.17. The second kappa shape index (κ2) is 9.65. The fraction of sp³-hybridized carbons (Fsp3) is 0.286. The predicted molar refractivity (Wildman–Crippen MR) is 108 cm³/mol. The smallest absolute Gasteiger partial charge is 0.254 e. The highest BCUT2D eigenvalue weighted by Crippen LogP contribution is 2.24. The van der Waals surface area contributed by atoms with Crippen LogP contribution in [0.1, 0.15) is 35.6 Å². The summed E-state index contributed by atoms with van der Waals surface area (Å²) in [5, 5.41) is 11.7. The number of nitrogens with one attached hydrogen (secondary N) is 1. The largest absolute Gasteiger partial charge is 0.345 e. The predicted octanol–water partition coefficient (Wildman–Crippen LogP) is 4.43. The molecular weight excluding hydrogens is 394 g/mol. The molecule has 0 spiro atoms. The Bertz CT molecular complexity index is 990. The van der Waals surface area contributed by atoms with E-state index in [1.165, 1.54) is 36.0 Å². The van der Waals surface area contributed by atoms with Crippen molar-refractivity contribution in [2.24, 2.45) is 5.92 Å². The highest BCUT2D eigenvalue weighted by molar-refractivity contribution is 7.98. The van der Waals surface area contributed by atoms with Gasteiger partial charge >= 0.3 is 0 Å². The molecule has 8 heteroatoms. The standard InChI is InChI=1S/C21H22F2N4OS/c1-14(2)12-27-19(11-24-20(28)16-8-4-6-10-18(16)23)25-26-21(27)29-13-15-7-3-5-9-17(15)22/h3-10,14H,11-13H2,1-2H3,(H,24,28). The molecule has 0 aliphatic carbocycles. The van der Waals surface area contributed by atoms with Crippen LogP contribution in [0.15, 0.2) is 53.7 Å². The lowest BCUT2D eigenvalue weighted by Gasteiger charge is -2.13. The van der Waals surface area contributed by atoms with E-state index in [2.05, 4.69) is 29.4 Å². The van der Waals surface area contributed by atoms with Crippen LogP contribution in [0.4, 0.5) is 8.78 Å². The van der Waals surface area contributed by atoms with Gasteiger partial charge in [0, 0.05) is 12.3 Å². The zero-order chi connectivity index (χ0) is 20.8. The summed E-state index contributed by atoms with van der Waals surface area (Å²) in [5.41, 5.74) is 0.572. The minimum atomic E-state index is -0.574. The average Bonchev–Trinajstić information content (AvgIpc) is 3.07. The van der Waals surface area contributed by atoms with Gasteiger partial charge in [-0.2, -0.15) is 0 Å². The average molecular weight is 416 g/mol. The molecule has 0 aliphatic rings. The first-order valence-corrected chi connectivity index (χ1v) is 10.2. The minimum Gasteiger partial charge on any atom is -0.345 e. The van der Waals surface area contributed by atoms with Crippen molar-refractivity contribution in [3.8, 4) is 0 Å². The summed E-state index contributed by atoms with van der Waals surface area (Å²) in [7, 11) is 0. The molecular formula is C21H22F2N4OS. The van der Waals surface area contributed by atoms with Gasteiger partial charge in [0.1, 0.15) is 11.6 Å². The molecule has 152 valence electrons. The lowest BCUT2D eigenvalue weighted by molar-refractivity contribution is 0.0945. The summed E-state index contributed by atoms with van der Waals surface area (Å²) >= 11 is 1.39. The van der Waals surface area contributed by atoms with Gasteiger partial charge in [0.15, 0.2) is 11.0 Å². The van der Waals surface area contributed by atoms with Gasteiger partial charge in [-0.15, -0.1) is 10.2 Å². The number of rotatable bonds is 8. The Labute approximate surface area is 172 Å². The normalized spacial score (nSPS) is 11.1. The highest BCUT2D eigenvalue weighted by atomic mass is 32.2. The molecule has 1 aromatic heterocycles. The third-order valence-corrected chi connectivity index (χ3v) is 5.20. The summed E-state index contributed by atoms with van der Waals surface area (Å²) in [6.07, 6.45) is 0. The number of thioether (sulfide) groups is 1. The van der Waals surface area contributed by atoms with E-state index in [0.29, 0.717) is 34.8 Å². The SMILES string of the molecule is CC(C)Cn1c(CNC(=O)c2ccccc2F)nnc1SCc1ccccc1F. The van der Waals surface area contributed by atoms with Gasteiger partial charge in [0.2, 0.25) is 0 Å². The summed E-state index contributed by atoms with van der Waals surface area (Å²) in [6, 6.07) is 12.4. The van der Waals surface area contributed by atoms with Gasteiger partial charge in [0.05, 0.1) is 12.1 Å². The van der Waals surface area contributed by atoms with Crippen LogP contribution in [-0.4, -0.2) is 20.7 Å². The number of halogens is 2. The third-order valence-electron chi connectivity index (χ3n) is 4.18. The maximum Gasteiger partial charge on any atom is 0.254 e. The molecule has 29 heavy (non-hydrogen) atoms. The molecule has 0 atom stereocenters. The van der Waals surface area contributed by atoms with Crippen LogP contribution in [0.3, 0.4) is 0 Å². The fourth-order valence-electron chi connectivity index (χ4n) is 2.76. The number of hydrogen-bond donors (Lipinski definition) is 1. The zero-order valence-corrected chi connectivity index (χ0v) is 17.0. The summed E-state index contributed by atoms with van der Waals surface area (Å²) in [6.45, 7) is 4.89. The molecule has 0 radical (unpaired) electrons. The third kappa shape index (κ3) is 5.41.